The number of nitrogens with zero attached hydrogens (tertiary/aromatic N) is 1. The van der Waals surface area contributed by atoms with Crippen LogP contribution in [0.4, 0.5) is 4.79 Å². The molecule has 0 unspecified atom stereocenters. The first-order valence-electron chi connectivity index (χ1n) is 8.70. The van der Waals surface area contributed by atoms with E-state index in [2.05, 4.69) is 6.92 Å². The number of rotatable bonds is 3. The molecule has 0 atom stereocenters. The maximum Gasteiger partial charge on any atom is 0.410 e. The Kier molecular flexibility index (Phi) is 4.97. The lowest BCUT2D eigenvalue weighted by Gasteiger charge is -2.57. The van der Waals surface area contributed by atoms with Crippen LogP contribution in [0.15, 0.2) is 0 Å². The van der Waals surface area contributed by atoms with E-state index in [4.69, 9.17) is 9.47 Å². The first-order valence-corrected chi connectivity index (χ1v) is 8.70. The highest BCUT2D eigenvalue weighted by Gasteiger charge is 2.53. The molecule has 1 spiro atoms. The first kappa shape index (κ1) is 18.1. The molecule has 5 heteroatoms. The average Bonchev–Trinajstić information content (AvgIpc) is 2.35. The van der Waals surface area contributed by atoms with Gasteiger partial charge >= 0.3 is 12.1 Å². The number of carbonyl (C=O) groups excluding carboxylic acids is 2. The van der Waals surface area contributed by atoms with Crippen molar-refractivity contribution < 1.29 is 19.1 Å². The molecule has 1 heterocycles. The Morgan fingerprint density at radius 2 is 1.70 bits per heavy atom. The molecule has 1 saturated carbocycles. The molecule has 0 aromatic carbocycles. The average molecular weight is 325 g/mol. The zero-order chi connectivity index (χ0) is 17.3. The number of piperidine rings is 1. The third kappa shape index (κ3) is 4.61. The van der Waals surface area contributed by atoms with Gasteiger partial charge in [-0.05, 0) is 64.2 Å². The molecule has 2 aliphatic rings. The van der Waals surface area contributed by atoms with E-state index in [1.54, 1.807) is 0 Å². The Morgan fingerprint density at radius 1 is 1.13 bits per heavy atom. The van der Waals surface area contributed by atoms with Gasteiger partial charge in [0.25, 0.3) is 0 Å². The van der Waals surface area contributed by atoms with Crippen LogP contribution in [0.5, 0.6) is 0 Å². The molecule has 23 heavy (non-hydrogen) atoms. The molecular formula is C18H31NO4. The molecule has 1 saturated heterocycles. The minimum absolute atomic E-state index is 0.0698. The Bertz CT molecular complexity index is 450. The lowest BCUT2D eigenvalue weighted by Crippen LogP contribution is -2.53. The highest BCUT2D eigenvalue weighted by molar-refractivity contribution is 5.70. The molecule has 0 N–H and O–H groups in total. The molecule has 1 aliphatic carbocycles. The van der Waals surface area contributed by atoms with E-state index in [1.165, 1.54) is 0 Å². The standard InChI is InChI=1S/C18H31NO4/c1-6-22-14(20)11-17(5)12-18(13-17)7-9-19(10-8-18)15(21)23-16(2,3)4/h6-13H2,1-5H3. The second kappa shape index (κ2) is 6.33. The lowest BCUT2D eigenvalue weighted by atomic mass is 9.49. The normalized spacial score (nSPS) is 22.4. The number of amides is 1. The van der Waals surface area contributed by atoms with E-state index in [0.29, 0.717) is 18.4 Å². The van der Waals surface area contributed by atoms with E-state index < -0.39 is 5.60 Å². The Morgan fingerprint density at radius 3 is 2.17 bits per heavy atom. The van der Waals surface area contributed by atoms with Crippen LogP contribution in [-0.2, 0) is 14.3 Å². The number of esters is 1. The summed E-state index contributed by atoms with van der Waals surface area (Å²) in [6, 6.07) is 0. The van der Waals surface area contributed by atoms with E-state index in [0.717, 1.165) is 38.8 Å². The van der Waals surface area contributed by atoms with E-state index >= 15 is 0 Å². The third-order valence-electron chi connectivity index (χ3n) is 4.96. The maximum atomic E-state index is 12.1. The second-order valence-corrected chi connectivity index (χ2v) is 8.61. The molecule has 1 amide bonds. The fraction of sp³-hybridized carbons (Fsp3) is 0.889. The minimum Gasteiger partial charge on any atom is -0.466 e. The van der Waals surface area contributed by atoms with Gasteiger partial charge in [-0.1, -0.05) is 6.92 Å². The molecule has 5 nitrogen and oxygen atoms in total. The molecule has 1 aliphatic heterocycles. The SMILES string of the molecule is CCOC(=O)CC1(C)CC2(CCN(C(=O)OC(C)(C)C)CC2)C1. The van der Waals surface area contributed by atoms with Crippen LogP contribution < -0.4 is 0 Å². The van der Waals surface area contributed by atoms with Crippen molar-refractivity contribution in [2.75, 3.05) is 19.7 Å². The Hall–Kier alpha value is -1.26. The van der Waals surface area contributed by atoms with Crippen LogP contribution in [0.3, 0.4) is 0 Å². The van der Waals surface area contributed by atoms with Gasteiger partial charge in [-0.2, -0.15) is 0 Å². The van der Waals surface area contributed by atoms with Crippen molar-refractivity contribution in [3.05, 3.63) is 0 Å². The lowest BCUT2D eigenvalue weighted by molar-refractivity contribution is -0.152. The molecule has 0 radical (unpaired) electrons. The summed E-state index contributed by atoms with van der Waals surface area (Å²) < 4.78 is 10.5. The summed E-state index contributed by atoms with van der Waals surface area (Å²) in [6.07, 6.45) is 4.43. The number of carbonyl (C=O) groups is 2. The van der Waals surface area contributed by atoms with Gasteiger partial charge in [-0.15, -0.1) is 0 Å². The predicted octanol–water partition coefficient (Wildman–Crippen LogP) is 3.76. The van der Waals surface area contributed by atoms with Crippen molar-refractivity contribution in [1.82, 2.24) is 4.90 Å². The summed E-state index contributed by atoms with van der Waals surface area (Å²) in [5.74, 6) is -0.0870. The summed E-state index contributed by atoms with van der Waals surface area (Å²) in [6.45, 7) is 11.7. The first-order chi connectivity index (χ1) is 10.6. The van der Waals surface area contributed by atoms with E-state index in [9.17, 15) is 9.59 Å². The monoisotopic (exact) mass is 325 g/mol. The van der Waals surface area contributed by atoms with Crippen molar-refractivity contribution in [2.24, 2.45) is 10.8 Å². The smallest absolute Gasteiger partial charge is 0.410 e. The molecule has 0 bridgehead atoms. The number of hydrogen-bond acceptors (Lipinski definition) is 4. The molecule has 2 rings (SSSR count). The summed E-state index contributed by atoms with van der Waals surface area (Å²) >= 11 is 0. The van der Waals surface area contributed by atoms with Crippen LogP contribution >= 0.6 is 0 Å². The maximum absolute atomic E-state index is 12.1. The van der Waals surface area contributed by atoms with Gasteiger partial charge in [0.15, 0.2) is 0 Å². The van der Waals surface area contributed by atoms with Crippen molar-refractivity contribution in [1.29, 1.82) is 0 Å². The number of likely N-dealkylation sites (tertiary alicyclic amines) is 1. The van der Waals surface area contributed by atoms with Crippen molar-refractivity contribution in [3.63, 3.8) is 0 Å². The van der Waals surface area contributed by atoms with Crippen LogP contribution in [0.1, 0.15) is 66.7 Å². The van der Waals surface area contributed by atoms with Crippen molar-refractivity contribution in [3.8, 4) is 0 Å². The molecule has 2 fully saturated rings. The van der Waals surface area contributed by atoms with Gasteiger partial charge in [-0.25, -0.2) is 4.79 Å². The molecule has 0 aromatic heterocycles. The quantitative estimate of drug-likeness (QED) is 0.741. The molecule has 132 valence electrons. The largest absolute Gasteiger partial charge is 0.466 e. The Balaban J connectivity index is 1.80. The van der Waals surface area contributed by atoms with Crippen molar-refractivity contribution >= 4 is 12.1 Å². The highest BCUT2D eigenvalue weighted by Crippen LogP contribution is 2.61. The van der Waals surface area contributed by atoms with Crippen LogP contribution in [0.2, 0.25) is 0 Å². The second-order valence-electron chi connectivity index (χ2n) is 8.61. The van der Waals surface area contributed by atoms with Gasteiger partial charge in [-0.3, -0.25) is 4.79 Å². The number of ether oxygens (including phenoxy) is 2. The van der Waals surface area contributed by atoms with Gasteiger partial charge < -0.3 is 14.4 Å². The number of hydrogen-bond donors (Lipinski definition) is 0. The summed E-state index contributed by atoms with van der Waals surface area (Å²) in [7, 11) is 0. The zero-order valence-electron chi connectivity index (χ0n) is 15.2. The zero-order valence-corrected chi connectivity index (χ0v) is 15.2. The van der Waals surface area contributed by atoms with Gasteiger partial charge in [0.1, 0.15) is 5.60 Å². The summed E-state index contributed by atoms with van der Waals surface area (Å²) in [5.41, 5.74) is -0.0685. The fourth-order valence-electron chi connectivity index (χ4n) is 4.29. The van der Waals surface area contributed by atoms with Crippen LogP contribution in [0.25, 0.3) is 0 Å². The van der Waals surface area contributed by atoms with Crippen LogP contribution in [0, 0.1) is 10.8 Å². The highest BCUT2D eigenvalue weighted by atomic mass is 16.6. The van der Waals surface area contributed by atoms with E-state index in [1.807, 2.05) is 32.6 Å². The van der Waals surface area contributed by atoms with E-state index in [-0.39, 0.29) is 17.5 Å². The molecule has 0 aromatic rings. The summed E-state index contributed by atoms with van der Waals surface area (Å²) in [4.78, 5) is 25.6. The van der Waals surface area contributed by atoms with Gasteiger partial charge in [0.05, 0.1) is 13.0 Å². The third-order valence-corrected chi connectivity index (χ3v) is 4.96. The van der Waals surface area contributed by atoms with Gasteiger partial charge in [0, 0.05) is 13.1 Å². The Labute approximate surface area is 139 Å². The molecular weight excluding hydrogens is 294 g/mol. The fourth-order valence-corrected chi connectivity index (χ4v) is 4.29. The van der Waals surface area contributed by atoms with Crippen molar-refractivity contribution in [2.45, 2.75) is 72.3 Å². The minimum atomic E-state index is -0.444. The summed E-state index contributed by atoms with van der Waals surface area (Å²) in [5, 5.41) is 0. The van der Waals surface area contributed by atoms with Crippen LogP contribution in [-0.4, -0.2) is 42.3 Å². The predicted molar refractivity (Wildman–Crippen MR) is 88.1 cm³/mol. The van der Waals surface area contributed by atoms with Gasteiger partial charge in [0.2, 0.25) is 0 Å². The topological polar surface area (TPSA) is 55.8 Å².